The Hall–Kier alpha value is -1.56. The topological polar surface area (TPSA) is 74.8 Å². The van der Waals surface area contributed by atoms with Crippen LogP contribution in [-0.4, -0.2) is 40.1 Å². The molecule has 0 aromatic heterocycles. The molecule has 0 fully saturated rings. The van der Waals surface area contributed by atoms with E-state index in [-0.39, 0.29) is 21.7 Å². The largest absolute Gasteiger partial charge is 0.292 e. The normalized spacial score (nSPS) is 12.7. The van der Waals surface area contributed by atoms with Crippen molar-refractivity contribution in [1.29, 1.82) is 0 Å². The molecule has 3 aromatic rings. The second-order valence-electron chi connectivity index (χ2n) is 7.20. The summed E-state index contributed by atoms with van der Waals surface area (Å²) in [4.78, 5) is 53.8. The highest BCUT2D eigenvalue weighted by atomic mass is 79.9. The fraction of sp³-hybridized carbons (Fsp3) is 0.0435. The van der Waals surface area contributed by atoms with Gasteiger partial charge in [-0.15, -0.1) is 0 Å². The Morgan fingerprint density at radius 3 is 1.86 bits per heavy atom. The average molecular weight is 769 g/mol. The Kier molecular flexibility index (Phi) is 7.90. The van der Waals surface area contributed by atoms with Crippen LogP contribution in [0.1, 0.15) is 41.4 Å². The summed E-state index contributed by atoms with van der Waals surface area (Å²) in [6.07, 6.45) is 0. The average Bonchev–Trinajstić information content (AvgIpc) is 3.09. The zero-order chi connectivity index (χ0) is 25.6. The molecular weight excluding hydrogens is 759 g/mol. The van der Waals surface area contributed by atoms with Gasteiger partial charge in [0.15, 0.2) is 5.78 Å². The summed E-state index contributed by atoms with van der Waals surface area (Å²) >= 11 is 25.6. The van der Waals surface area contributed by atoms with E-state index in [1.165, 1.54) is 18.2 Å². The number of carbonyl (C=O) groups excluding carboxylic acids is 4. The van der Waals surface area contributed by atoms with E-state index in [9.17, 15) is 19.2 Å². The van der Waals surface area contributed by atoms with E-state index in [1.54, 1.807) is 30.3 Å². The number of hydrogen-bond acceptors (Lipinski definition) is 4. The molecule has 1 aliphatic rings. The van der Waals surface area contributed by atoms with Crippen LogP contribution in [0.2, 0.25) is 10.0 Å². The van der Waals surface area contributed by atoms with Gasteiger partial charge in [-0.05, 0) is 81.9 Å². The number of hydrazine groups is 1. The first kappa shape index (κ1) is 26.5. The summed E-state index contributed by atoms with van der Waals surface area (Å²) in [7, 11) is 0. The fourth-order valence-electron chi connectivity index (χ4n) is 3.44. The number of halogens is 6. The lowest BCUT2D eigenvalue weighted by atomic mass is 10.1. The van der Waals surface area contributed by atoms with Crippen LogP contribution >= 0.6 is 86.9 Å². The monoisotopic (exact) mass is 764 g/mol. The first-order valence-corrected chi connectivity index (χ1v) is 13.6. The molecule has 0 saturated carbocycles. The molecule has 0 bridgehead atoms. The van der Waals surface area contributed by atoms with Crippen molar-refractivity contribution in [3.05, 3.63) is 98.7 Å². The highest BCUT2D eigenvalue weighted by Crippen LogP contribution is 2.45. The van der Waals surface area contributed by atoms with Gasteiger partial charge in [0, 0.05) is 28.5 Å². The van der Waals surface area contributed by atoms with E-state index in [1.807, 2.05) is 0 Å². The van der Waals surface area contributed by atoms with Crippen LogP contribution in [0.4, 0.5) is 0 Å². The third kappa shape index (κ3) is 4.76. The van der Waals surface area contributed by atoms with E-state index < -0.39 is 30.0 Å². The maximum atomic E-state index is 13.6. The SMILES string of the molecule is O=C(CN(C(=O)c1ccc(Cl)cc1Cl)N1C(=O)c2c(Br)c(Br)c(Br)c(Br)c2C1=O)c1ccccc1. The van der Waals surface area contributed by atoms with Gasteiger partial charge < -0.3 is 0 Å². The molecule has 0 N–H and O–H groups in total. The number of ketones is 1. The summed E-state index contributed by atoms with van der Waals surface area (Å²) in [5.41, 5.74) is 0.333. The lowest BCUT2D eigenvalue weighted by Gasteiger charge is -2.29. The summed E-state index contributed by atoms with van der Waals surface area (Å²) in [6, 6.07) is 12.4. The van der Waals surface area contributed by atoms with Crippen molar-refractivity contribution in [2.45, 2.75) is 0 Å². The van der Waals surface area contributed by atoms with Crippen LogP contribution in [0.3, 0.4) is 0 Å². The molecule has 3 aromatic carbocycles. The van der Waals surface area contributed by atoms with E-state index in [0.717, 1.165) is 5.01 Å². The molecule has 1 heterocycles. The second kappa shape index (κ2) is 10.4. The van der Waals surface area contributed by atoms with Gasteiger partial charge in [0.25, 0.3) is 17.7 Å². The Labute approximate surface area is 243 Å². The first-order chi connectivity index (χ1) is 16.5. The predicted octanol–water partition coefficient (Wildman–Crippen LogP) is 7.58. The molecule has 0 aliphatic carbocycles. The number of Topliss-reactive ketones (excluding diaryl/α,β-unsaturated/α-hetero) is 1. The molecule has 0 radical (unpaired) electrons. The maximum Gasteiger partial charge on any atom is 0.282 e. The molecule has 0 atom stereocenters. The number of carbonyl (C=O) groups is 4. The van der Waals surface area contributed by atoms with Gasteiger partial charge in [0.05, 0.1) is 21.7 Å². The Bertz CT molecular complexity index is 1390. The lowest BCUT2D eigenvalue weighted by Crippen LogP contribution is -2.51. The summed E-state index contributed by atoms with van der Waals surface area (Å²) in [6.45, 7) is -0.592. The summed E-state index contributed by atoms with van der Waals surface area (Å²) in [5, 5.41) is 1.76. The molecule has 1 aliphatic heterocycles. The molecule has 0 saturated heterocycles. The van der Waals surface area contributed by atoms with Gasteiger partial charge in [0.1, 0.15) is 6.54 Å². The third-order valence-corrected chi connectivity index (χ3v) is 10.4. The van der Waals surface area contributed by atoms with Crippen molar-refractivity contribution in [1.82, 2.24) is 10.0 Å². The van der Waals surface area contributed by atoms with Crippen LogP contribution < -0.4 is 0 Å². The van der Waals surface area contributed by atoms with Gasteiger partial charge in [-0.3, -0.25) is 19.2 Å². The minimum Gasteiger partial charge on any atom is -0.292 e. The summed E-state index contributed by atoms with van der Waals surface area (Å²) in [5.74, 6) is -2.88. The van der Waals surface area contributed by atoms with Crippen molar-refractivity contribution in [2.24, 2.45) is 0 Å². The third-order valence-electron chi connectivity index (χ3n) is 5.11. The number of imide groups is 1. The van der Waals surface area contributed by atoms with E-state index in [2.05, 4.69) is 63.7 Å². The zero-order valence-corrected chi connectivity index (χ0v) is 25.0. The number of fused-ring (bicyclic) bond motifs is 1. The number of hydrogen-bond donors (Lipinski definition) is 0. The molecule has 4 rings (SSSR count). The lowest BCUT2D eigenvalue weighted by molar-refractivity contribution is 0.00527. The molecule has 0 spiro atoms. The van der Waals surface area contributed by atoms with Gasteiger partial charge in [-0.1, -0.05) is 53.5 Å². The molecule has 12 heteroatoms. The fourth-order valence-corrected chi connectivity index (χ4v) is 6.39. The van der Waals surface area contributed by atoms with Crippen LogP contribution in [-0.2, 0) is 0 Å². The molecule has 35 heavy (non-hydrogen) atoms. The number of nitrogens with zero attached hydrogens (tertiary/aromatic N) is 2. The smallest absolute Gasteiger partial charge is 0.282 e. The van der Waals surface area contributed by atoms with Crippen molar-refractivity contribution < 1.29 is 19.2 Å². The number of rotatable bonds is 5. The van der Waals surface area contributed by atoms with E-state index in [4.69, 9.17) is 23.2 Å². The van der Waals surface area contributed by atoms with Gasteiger partial charge in [-0.25, -0.2) is 5.01 Å². The van der Waals surface area contributed by atoms with E-state index >= 15 is 0 Å². The van der Waals surface area contributed by atoms with E-state index in [0.29, 0.717) is 33.5 Å². The summed E-state index contributed by atoms with van der Waals surface area (Å²) < 4.78 is 1.61. The minimum absolute atomic E-state index is 0.00381. The van der Waals surface area contributed by atoms with Gasteiger partial charge >= 0.3 is 0 Å². The number of amides is 3. The highest BCUT2D eigenvalue weighted by molar-refractivity contribution is 9.15. The minimum atomic E-state index is -0.823. The van der Waals surface area contributed by atoms with Crippen LogP contribution in [0.15, 0.2) is 66.4 Å². The Morgan fingerprint density at radius 1 is 0.800 bits per heavy atom. The Morgan fingerprint density at radius 2 is 1.34 bits per heavy atom. The molecule has 6 nitrogen and oxygen atoms in total. The van der Waals surface area contributed by atoms with Gasteiger partial charge in [0.2, 0.25) is 0 Å². The molecule has 3 amide bonds. The quantitative estimate of drug-likeness (QED) is 0.116. The van der Waals surface area contributed by atoms with Crippen molar-refractivity contribution in [3.63, 3.8) is 0 Å². The Balaban J connectivity index is 1.85. The standard InChI is InChI=1S/C23H10Br4Cl2N2O4/c24-17-15-16(18(25)20(27)19(17)26)23(35)31(22(15)34)30(9-14(32)10-4-2-1-3-5-10)21(33)12-7-6-11(28)8-13(12)29/h1-8H,9H2. The molecular formula is C23H10Br4Cl2N2O4. The van der Waals surface area contributed by atoms with Crippen molar-refractivity contribution in [3.8, 4) is 0 Å². The van der Waals surface area contributed by atoms with Crippen LogP contribution in [0, 0.1) is 0 Å². The number of benzene rings is 3. The van der Waals surface area contributed by atoms with Crippen LogP contribution in [0.25, 0.3) is 0 Å². The maximum absolute atomic E-state index is 13.6. The van der Waals surface area contributed by atoms with Crippen LogP contribution in [0.5, 0.6) is 0 Å². The molecule has 178 valence electrons. The first-order valence-electron chi connectivity index (χ1n) is 9.64. The van der Waals surface area contributed by atoms with Crippen molar-refractivity contribution >= 4 is 110 Å². The zero-order valence-electron chi connectivity index (χ0n) is 17.1. The van der Waals surface area contributed by atoms with Gasteiger partial charge in [-0.2, -0.15) is 5.01 Å². The van der Waals surface area contributed by atoms with Crippen molar-refractivity contribution in [2.75, 3.05) is 6.54 Å². The highest BCUT2D eigenvalue weighted by Gasteiger charge is 2.46. The second-order valence-corrected chi connectivity index (χ2v) is 11.2. The predicted molar refractivity (Wildman–Crippen MR) is 146 cm³/mol. The molecule has 0 unspecified atom stereocenters.